The Morgan fingerprint density at radius 3 is 1.41 bits per heavy atom. The lowest BCUT2D eigenvalue weighted by molar-refractivity contribution is -0.187. The van der Waals surface area contributed by atoms with E-state index in [-0.39, 0.29) is 91.6 Å². The van der Waals surface area contributed by atoms with Crippen LogP contribution in [0.1, 0.15) is 68.9 Å². The van der Waals surface area contributed by atoms with E-state index in [1.165, 1.54) is 35.2 Å². The Hall–Kier alpha value is -7.27. The average Bonchev–Trinajstić information content (AvgIpc) is 4.27. The summed E-state index contributed by atoms with van der Waals surface area (Å²) < 4.78 is 103. The number of nitrogens with one attached hydrogen (secondary N) is 3. The maximum atomic E-state index is 14.6. The number of fused-ring (bicyclic) bond motifs is 2. The lowest BCUT2D eigenvalue weighted by atomic mass is 9.96. The molecule has 24 heteroatoms. The Morgan fingerprint density at radius 1 is 0.608 bits per heavy atom. The molecule has 0 spiro atoms. The summed E-state index contributed by atoms with van der Waals surface area (Å²) in [6, 6.07) is 21.4. The molecule has 2 saturated carbocycles. The second-order valence-corrected chi connectivity index (χ2v) is 18.4. The molecule has 4 aromatic carbocycles. The highest BCUT2D eigenvalue weighted by atomic mass is 35.5. The summed E-state index contributed by atoms with van der Waals surface area (Å²) in [4.78, 5) is 73.7. The van der Waals surface area contributed by atoms with Crippen molar-refractivity contribution in [2.24, 2.45) is 11.8 Å². The summed E-state index contributed by atoms with van der Waals surface area (Å²) in [6.45, 7) is 1.88. The normalized spacial score (nSPS) is 15.6. The standard InChI is InChI=1S/C25H22F4N4O3.C16H11FN2O3.C9H13F3N2O.ClH/c26-20-8-5-14(10-21-17-3-1-2-4-18(17)22(34)31-30-21)9-19(20)23(35)32-11-15(12-32)13-33(16-6-7-16)24(36)25(27,28)29;17-13-6-5-9(7-12(13)16(21)22)8-14-10-3-1-2-4-11(10)15(20)19-18-14;10-9(11,12)8(15)14(7-1-2-7)5-6-3-13-4-6;/h1-5,8-9,15-16H,6-7,10-13H2,(H,31,34);1-7H,8H2,(H,19,20)(H,21,22);6-7,13H,1-5H2;1H. The zero-order valence-electron chi connectivity index (χ0n) is 38.9. The lowest BCUT2D eigenvalue weighted by Crippen LogP contribution is -2.56. The van der Waals surface area contributed by atoms with Crippen LogP contribution >= 0.6 is 12.4 Å². The fourth-order valence-corrected chi connectivity index (χ4v) is 8.64. The van der Waals surface area contributed by atoms with Crippen LogP contribution in [0.2, 0.25) is 0 Å². The third-order valence-corrected chi connectivity index (χ3v) is 12.8. The molecule has 0 bridgehead atoms. The summed E-state index contributed by atoms with van der Waals surface area (Å²) in [5.74, 6) is -7.01. The molecule has 4 N–H and O–H groups in total. The van der Waals surface area contributed by atoms with Crippen LogP contribution in [0.4, 0.5) is 35.1 Å². The van der Waals surface area contributed by atoms with Crippen LogP contribution in [0.25, 0.3) is 21.5 Å². The van der Waals surface area contributed by atoms with Gasteiger partial charge < -0.3 is 25.1 Å². The maximum Gasteiger partial charge on any atom is 0.471 e. The molecule has 392 valence electrons. The van der Waals surface area contributed by atoms with Gasteiger partial charge in [0, 0.05) is 86.8 Å². The van der Waals surface area contributed by atoms with Gasteiger partial charge in [-0.1, -0.05) is 48.5 Å². The van der Waals surface area contributed by atoms with Gasteiger partial charge in [0.15, 0.2) is 0 Å². The highest BCUT2D eigenvalue weighted by molar-refractivity contribution is 5.95. The van der Waals surface area contributed by atoms with Crippen LogP contribution in [-0.2, 0) is 22.4 Å². The Labute approximate surface area is 421 Å². The zero-order chi connectivity index (χ0) is 52.4. The Bertz CT molecular complexity index is 3190. The van der Waals surface area contributed by atoms with Gasteiger partial charge in [-0.15, -0.1) is 12.4 Å². The number of hydrogen-bond acceptors (Lipinski definition) is 9. The van der Waals surface area contributed by atoms with Gasteiger partial charge in [-0.2, -0.15) is 36.5 Å². The summed E-state index contributed by atoms with van der Waals surface area (Å²) >= 11 is 0. The molecule has 3 amide bonds. The molecule has 4 fully saturated rings. The first-order valence-electron chi connectivity index (χ1n) is 23.1. The summed E-state index contributed by atoms with van der Waals surface area (Å²) in [7, 11) is 0. The van der Waals surface area contributed by atoms with Crippen molar-refractivity contribution in [3.63, 3.8) is 0 Å². The van der Waals surface area contributed by atoms with Crippen molar-refractivity contribution >= 4 is 57.6 Å². The van der Waals surface area contributed by atoms with Crippen molar-refractivity contribution in [3.8, 4) is 0 Å². The fourth-order valence-electron chi connectivity index (χ4n) is 8.64. The van der Waals surface area contributed by atoms with Crippen molar-refractivity contribution in [3.05, 3.63) is 151 Å². The van der Waals surface area contributed by atoms with Crippen LogP contribution in [0.15, 0.2) is 94.5 Å². The minimum absolute atomic E-state index is 0. The highest BCUT2D eigenvalue weighted by Crippen LogP contribution is 2.34. The number of alkyl halides is 6. The number of halogens is 9. The second kappa shape index (κ2) is 22.5. The van der Waals surface area contributed by atoms with Gasteiger partial charge in [-0.25, -0.2) is 23.8 Å². The Morgan fingerprint density at radius 2 is 1.01 bits per heavy atom. The third-order valence-electron chi connectivity index (χ3n) is 12.8. The molecule has 2 aliphatic carbocycles. The van der Waals surface area contributed by atoms with E-state index in [1.54, 1.807) is 48.5 Å². The molecule has 74 heavy (non-hydrogen) atoms. The number of likely N-dealkylation sites (tertiary alicyclic amines) is 1. The molecular formula is C50H47ClF8N8O7. The highest BCUT2D eigenvalue weighted by Gasteiger charge is 2.49. The summed E-state index contributed by atoms with van der Waals surface area (Å²) in [6.07, 6.45) is -6.63. The van der Waals surface area contributed by atoms with E-state index in [2.05, 4.69) is 25.7 Å². The van der Waals surface area contributed by atoms with Crippen LogP contribution < -0.4 is 16.4 Å². The fraction of sp³-hybridized carbons (Fsp3) is 0.360. The van der Waals surface area contributed by atoms with E-state index >= 15 is 0 Å². The molecule has 6 aromatic rings. The van der Waals surface area contributed by atoms with E-state index in [1.807, 2.05) is 0 Å². The topological polar surface area (TPSA) is 202 Å². The monoisotopic (exact) mass is 1060 g/mol. The average molecular weight is 1060 g/mol. The molecule has 10 rings (SSSR count). The summed E-state index contributed by atoms with van der Waals surface area (Å²) in [5, 5.41) is 27.3. The number of aromatic amines is 2. The van der Waals surface area contributed by atoms with E-state index in [0.29, 0.717) is 82.8 Å². The SMILES string of the molecule is Cl.O=C(N(CC1CNC1)C1CC1)C(F)(F)F.O=C(O)c1cc(Cc2n[nH]c(=O)c3ccccc23)ccc1F.O=C(c1cc(Cc2n[nH]c(=O)c3ccccc23)ccc1F)N1CC(CN(C(=O)C(F)(F)F)C2CC2)C1. The molecule has 2 aromatic heterocycles. The van der Waals surface area contributed by atoms with E-state index in [4.69, 9.17) is 5.11 Å². The third kappa shape index (κ3) is 12.9. The second-order valence-electron chi connectivity index (χ2n) is 18.4. The predicted molar refractivity (Wildman–Crippen MR) is 255 cm³/mol. The number of H-pyrrole nitrogens is 2. The van der Waals surface area contributed by atoms with Crippen molar-refractivity contribution in [1.29, 1.82) is 0 Å². The number of carboxylic acids is 1. The number of carboxylic acid groups (broad SMARTS) is 1. The van der Waals surface area contributed by atoms with Gasteiger partial charge in [0.05, 0.1) is 33.3 Å². The van der Waals surface area contributed by atoms with E-state index in [0.717, 1.165) is 15.9 Å². The van der Waals surface area contributed by atoms with Crippen LogP contribution in [0.3, 0.4) is 0 Å². The molecule has 2 saturated heterocycles. The van der Waals surface area contributed by atoms with Crippen LogP contribution in [0.5, 0.6) is 0 Å². The molecule has 15 nitrogen and oxygen atoms in total. The minimum atomic E-state index is -4.93. The van der Waals surface area contributed by atoms with Crippen LogP contribution in [-0.4, -0.2) is 128 Å². The number of carbonyl (C=O) groups excluding carboxylic acids is 3. The van der Waals surface area contributed by atoms with Crippen LogP contribution in [0, 0.1) is 23.5 Å². The largest absolute Gasteiger partial charge is 0.478 e. The Kier molecular flexibility index (Phi) is 16.5. The quantitative estimate of drug-likeness (QED) is 0.0944. The molecule has 0 unspecified atom stereocenters. The summed E-state index contributed by atoms with van der Waals surface area (Å²) in [5.41, 5.74) is 1.22. The van der Waals surface area contributed by atoms with Gasteiger partial charge in [-0.3, -0.25) is 24.0 Å². The van der Waals surface area contributed by atoms with Gasteiger partial charge in [0.2, 0.25) is 0 Å². The van der Waals surface area contributed by atoms with Gasteiger partial charge in [0.25, 0.3) is 17.0 Å². The number of benzene rings is 4. The number of carbonyl (C=O) groups is 4. The first kappa shape index (κ1) is 54.5. The van der Waals surface area contributed by atoms with Gasteiger partial charge in [-0.05, 0) is 73.2 Å². The number of aromatic nitrogens is 4. The van der Waals surface area contributed by atoms with Crippen molar-refractivity contribution < 1.29 is 59.4 Å². The number of nitrogens with zero attached hydrogens (tertiary/aromatic N) is 5. The van der Waals surface area contributed by atoms with E-state index in [9.17, 15) is 63.9 Å². The van der Waals surface area contributed by atoms with Gasteiger partial charge in [0.1, 0.15) is 11.6 Å². The lowest BCUT2D eigenvalue weighted by Gasteiger charge is -2.42. The van der Waals surface area contributed by atoms with Crippen molar-refractivity contribution in [2.75, 3.05) is 39.3 Å². The number of amides is 3. The molecular weight excluding hydrogens is 1010 g/mol. The minimum Gasteiger partial charge on any atom is -0.478 e. The first-order chi connectivity index (χ1) is 34.7. The van der Waals surface area contributed by atoms with Crippen molar-refractivity contribution in [2.45, 2.75) is 63.0 Å². The smallest absolute Gasteiger partial charge is 0.471 e. The van der Waals surface area contributed by atoms with E-state index < -0.39 is 53.7 Å². The molecule has 2 aliphatic heterocycles. The maximum absolute atomic E-state index is 14.6. The molecule has 4 aliphatic rings. The zero-order valence-corrected chi connectivity index (χ0v) is 39.8. The molecule has 0 atom stereocenters. The number of aromatic carboxylic acids is 1. The van der Waals surface area contributed by atoms with Crippen molar-refractivity contribution in [1.82, 2.24) is 40.4 Å². The number of hydrogen-bond donors (Lipinski definition) is 4. The molecule has 4 heterocycles. The van der Waals surface area contributed by atoms with Gasteiger partial charge >= 0.3 is 30.1 Å². The molecule has 0 radical (unpaired) electrons. The number of rotatable bonds is 12. The Balaban J connectivity index is 0.000000179. The predicted octanol–water partition coefficient (Wildman–Crippen LogP) is 6.81. The first-order valence-corrected chi connectivity index (χ1v) is 23.1.